The topological polar surface area (TPSA) is 184 Å². The Kier molecular flexibility index (Phi) is 21.2. The van der Waals surface area contributed by atoms with Crippen molar-refractivity contribution >= 4 is 41.1 Å². The van der Waals surface area contributed by atoms with Crippen LogP contribution in [0.2, 0.25) is 0 Å². The zero-order valence-corrected chi connectivity index (χ0v) is 31.8. The molecule has 0 spiro atoms. The normalized spacial score (nSPS) is 20.5. The average Bonchev–Trinajstić information content (AvgIpc) is 3.83. The van der Waals surface area contributed by atoms with E-state index in [1.807, 2.05) is 12.2 Å². The van der Waals surface area contributed by atoms with Crippen LogP contribution in [0.15, 0.2) is 107 Å². The molecule has 1 amide bonds. The zero-order chi connectivity index (χ0) is 38.1. The van der Waals surface area contributed by atoms with Gasteiger partial charge in [-0.15, -0.1) is 23.5 Å². The molecule has 0 aromatic carbocycles. The van der Waals surface area contributed by atoms with Crippen molar-refractivity contribution < 1.29 is 24.5 Å². The maximum absolute atomic E-state index is 12.3. The smallest absolute Gasteiger partial charge is 0.351 e. The van der Waals surface area contributed by atoms with Crippen molar-refractivity contribution in [2.75, 3.05) is 35.8 Å². The Balaban J connectivity index is 0.000000415. The number of nitrogens with one attached hydrogen (secondary N) is 1. The molecule has 2 unspecified atom stereocenters. The molecule has 0 saturated carbocycles. The Hall–Kier alpha value is -3.99. The lowest BCUT2D eigenvalue weighted by molar-refractivity contribution is -0.116. The second-order valence-corrected chi connectivity index (χ2v) is 14.0. The second kappa shape index (κ2) is 25.9. The van der Waals surface area contributed by atoms with E-state index < -0.39 is 17.6 Å². The highest BCUT2D eigenvalue weighted by molar-refractivity contribution is 8.00. The minimum Gasteiger partial charge on any atom is -0.393 e. The lowest BCUT2D eigenvalue weighted by Crippen LogP contribution is -2.29. The largest absolute Gasteiger partial charge is 0.393 e. The van der Waals surface area contributed by atoms with Gasteiger partial charge in [-0.25, -0.2) is 9.59 Å². The van der Waals surface area contributed by atoms with E-state index in [-0.39, 0.29) is 47.9 Å². The molecule has 4 heterocycles. The summed E-state index contributed by atoms with van der Waals surface area (Å²) in [5.74, 6) is 1.41. The summed E-state index contributed by atoms with van der Waals surface area (Å²) in [6.45, 7) is 1.98. The number of aliphatic hydroxyl groups is 2. The van der Waals surface area contributed by atoms with Crippen molar-refractivity contribution in [1.82, 2.24) is 19.1 Å². The molecule has 4 rings (SSSR count). The predicted molar refractivity (Wildman–Crippen MR) is 214 cm³/mol. The first-order valence-electron chi connectivity index (χ1n) is 17.7. The number of nitrogen functional groups attached to an aromatic ring is 1. The van der Waals surface area contributed by atoms with Gasteiger partial charge in [0.1, 0.15) is 35.0 Å². The molecule has 5 N–H and O–H groups in total. The molecule has 0 bridgehead atoms. The number of ether oxygens (including phenoxy) is 2. The Bertz CT molecular complexity index is 1690. The molecule has 2 aromatic heterocycles. The van der Waals surface area contributed by atoms with Gasteiger partial charge in [-0.2, -0.15) is 9.97 Å². The third-order valence-electron chi connectivity index (χ3n) is 7.47. The summed E-state index contributed by atoms with van der Waals surface area (Å²) in [5, 5.41) is 20.7. The number of nitrogens with two attached hydrogens (primary N) is 1. The summed E-state index contributed by atoms with van der Waals surface area (Å²) >= 11 is 2.91. The Labute approximate surface area is 319 Å². The highest BCUT2D eigenvalue weighted by Crippen LogP contribution is 2.31. The van der Waals surface area contributed by atoms with Crippen LogP contribution in [0, 0.1) is 0 Å². The molecule has 53 heavy (non-hydrogen) atoms. The number of thioether (sulfide) groups is 2. The first-order chi connectivity index (χ1) is 25.8. The molecular weight excluding hydrogens is 717 g/mol. The van der Waals surface area contributed by atoms with Crippen LogP contribution in [-0.2, 0) is 14.3 Å². The third-order valence-corrected chi connectivity index (χ3v) is 9.69. The van der Waals surface area contributed by atoms with Crippen LogP contribution in [0.5, 0.6) is 0 Å². The molecule has 4 atom stereocenters. The molecule has 15 heteroatoms. The van der Waals surface area contributed by atoms with Crippen LogP contribution in [-0.4, -0.2) is 70.8 Å². The monoisotopic (exact) mass is 768 g/mol. The number of aliphatic hydroxyl groups excluding tert-OH is 2. The maximum atomic E-state index is 12.3. The minimum absolute atomic E-state index is 0.0572. The SMILES string of the molecule is CC/C=C\C/C=C\C/C=C\C/C=C\C/C=C\C/C=C\CCC(=O)Nc1ccn(C2CS[C@H](CO)O2)c(=O)n1.Nc1ccn(C2CS[C@H](CO)O2)c(=O)n1. The van der Waals surface area contributed by atoms with Crippen LogP contribution in [0.1, 0.15) is 70.7 Å². The number of rotatable bonds is 19. The summed E-state index contributed by atoms with van der Waals surface area (Å²) in [7, 11) is 0. The number of carbonyl (C=O) groups excluding carboxylic acids is 1. The van der Waals surface area contributed by atoms with Gasteiger partial charge in [0.2, 0.25) is 5.91 Å². The van der Waals surface area contributed by atoms with Crippen LogP contribution in [0.4, 0.5) is 11.6 Å². The quantitative estimate of drug-likeness (QED) is 0.129. The van der Waals surface area contributed by atoms with Gasteiger partial charge < -0.3 is 30.7 Å². The predicted octanol–water partition coefficient (Wildman–Crippen LogP) is 5.65. The molecule has 13 nitrogen and oxygen atoms in total. The number of aromatic nitrogens is 4. The first-order valence-corrected chi connectivity index (χ1v) is 19.8. The summed E-state index contributed by atoms with van der Waals surface area (Å²) < 4.78 is 13.7. The summed E-state index contributed by atoms with van der Waals surface area (Å²) in [5.41, 5.74) is 3.84. The van der Waals surface area contributed by atoms with Gasteiger partial charge in [-0.3, -0.25) is 13.9 Å². The van der Waals surface area contributed by atoms with Crippen LogP contribution < -0.4 is 22.4 Å². The molecule has 2 fully saturated rings. The molecular formula is C38H52N6O7S2. The van der Waals surface area contributed by atoms with Gasteiger partial charge >= 0.3 is 11.4 Å². The number of hydrogen-bond acceptors (Lipinski definition) is 12. The standard InChI is InChI=1S/C30H41N3O4S.C8H11N3O3S/c1-2-3-4-5-6-7-8-9-10-11-12-13-14-15-16-17-18-19-20-21-27(35)31-26-22-23-33(30(36)32-26)28-25-38-29(24-34)37-28;9-5-1-2-11(8(13)10-5)6-4-15-7(3-12)14-6/h3-4,6-7,9-10,12-13,15-16,18-19,22-23,28-29,34H,2,5,8,11,14,17,20-21,24-25H2,1H3,(H,31,32,35,36);1-2,6-7,12H,3-4H2,(H2,9,10,13)/b4-3-,7-6-,10-9-,13-12-,16-15-,19-18-;/t28?,29-;6?,7-/m11/s1. The van der Waals surface area contributed by atoms with E-state index >= 15 is 0 Å². The number of nitrogens with zero attached hydrogens (tertiary/aromatic N) is 4. The second-order valence-electron chi connectivity index (χ2n) is 11.6. The highest BCUT2D eigenvalue weighted by atomic mass is 32.2. The average molecular weight is 769 g/mol. The molecule has 2 aromatic rings. The Morgan fingerprint density at radius 3 is 1.66 bits per heavy atom. The molecule has 288 valence electrons. The van der Waals surface area contributed by atoms with Crippen molar-refractivity contribution in [2.24, 2.45) is 0 Å². The van der Waals surface area contributed by atoms with Gasteiger partial charge in [0.05, 0.1) is 13.2 Å². The molecule has 2 aliphatic heterocycles. The summed E-state index contributed by atoms with van der Waals surface area (Å²) in [6, 6.07) is 3.12. The lowest BCUT2D eigenvalue weighted by atomic mass is 10.2. The first kappa shape index (κ1) is 43.4. The van der Waals surface area contributed by atoms with Gasteiger partial charge in [-0.1, -0.05) is 79.8 Å². The van der Waals surface area contributed by atoms with Crippen molar-refractivity contribution in [3.05, 3.63) is 118 Å². The number of amides is 1. The fourth-order valence-electron chi connectivity index (χ4n) is 4.78. The highest BCUT2D eigenvalue weighted by Gasteiger charge is 2.28. The zero-order valence-electron chi connectivity index (χ0n) is 30.2. The fourth-order valence-corrected chi connectivity index (χ4v) is 6.64. The van der Waals surface area contributed by atoms with Crippen LogP contribution in [0.25, 0.3) is 0 Å². The van der Waals surface area contributed by atoms with Gasteiger partial charge in [0.25, 0.3) is 0 Å². The summed E-state index contributed by atoms with van der Waals surface area (Å²) in [6.07, 6.45) is 34.8. The van der Waals surface area contributed by atoms with Gasteiger partial charge in [-0.05, 0) is 57.1 Å². The number of carbonyl (C=O) groups is 1. The van der Waals surface area contributed by atoms with E-state index in [1.165, 1.54) is 32.7 Å². The maximum Gasteiger partial charge on any atom is 0.351 e. The van der Waals surface area contributed by atoms with Crippen molar-refractivity contribution in [2.45, 2.75) is 81.6 Å². The molecule has 0 aliphatic carbocycles. The number of anilines is 2. The number of allylic oxidation sites excluding steroid dienone is 12. The minimum atomic E-state index is -0.496. The van der Waals surface area contributed by atoms with Crippen molar-refractivity contribution in [3.8, 4) is 0 Å². The van der Waals surface area contributed by atoms with Crippen molar-refractivity contribution in [1.29, 1.82) is 0 Å². The van der Waals surface area contributed by atoms with Crippen LogP contribution >= 0.6 is 23.5 Å². The summed E-state index contributed by atoms with van der Waals surface area (Å²) in [4.78, 5) is 43.4. The molecule has 2 aliphatic rings. The van der Waals surface area contributed by atoms with E-state index in [0.29, 0.717) is 24.3 Å². The van der Waals surface area contributed by atoms with E-state index in [4.69, 9.17) is 25.4 Å². The van der Waals surface area contributed by atoms with E-state index in [2.05, 4.69) is 83.0 Å². The molecule has 2 saturated heterocycles. The van der Waals surface area contributed by atoms with E-state index in [0.717, 1.165) is 38.5 Å². The van der Waals surface area contributed by atoms with E-state index in [9.17, 15) is 14.4 Å². The Morgan fingerprint density at radius 2 is 1.23 bits per heavy atom. The van der Waals surface area contributed by atoms with Gasteiger partial charge in [0, 0.05) is 30.3 Å². The third kappa shape index (κ3) is 17.1. The van der Waals surface area contributed by atoms with Crippen molar-refractivity contribution in [3.63, 3.8) is 0 Å². The molecule has 0 radical (unpaired) electrons. The number of hydrogen-bond donors (Lipinski definition) is 4. The van der Waals surface area contributed by atoms with E-state index in [1.54, 1.807) is 24.5 Å². The Morgan fingerprint density at radius 1 is 0.774 bits per heavy atom. The lowest BCUT2D eigenvalue weighted by Gasteiger charge is -2.14. The fraction of sp³-hybridized carbons (Fsp3) is 0.447. The van der Waals surface area contributed by atoms with Crippen LogP contribution in [0.3, 0.4) is 0 Å². The van der Waals surface area contributed by atoms with Gasteiger partial charge in [0.15, 0.2) is 0 Å².